The molecule has 0 aromatic heterocycles. The SMILES string of the molecule is CCCN(CC(=O)NC)C(=O)N[C@H]1CC[C@@H](C(=O)O)C1. The molecule has 0 radical (unpaired) electrons. The molecule has 2 atom stereocenters. The Balaban J connectivity index is 2.50. The molecule has 3 amide bonds. The number of carbonyl (C=O) groups is 3. The van der Waals surface area contributed by atoms with Crippen LogP contribution in [0.4, 0.5) is 4.79 Å². The summed E-state index contributed by atoms with van der Waals surface area (Å²) in [5.74, 6) is -1.40. The van der Waals surface area contributed by atoms with Crippen molar-refractivity contribution in [3.63, 3.8) is 0 Å². The molecular weight excluding hydrogens is 262 g/mol. The Bertz CT molecular complexity index is 373. The maximum Gasteiger partial charge on any atom is 0.318 e. The normalized spacial score (nSPS) is 21.3. The first-order chi connectivity index (χ1) is 9.47. The zero-order valence-corrected chi connectivity index (χ0v) is 12.0. The minimum atomic E-state index is -0.808. The van der Waals surface area contributed by atoms with Crippen molar-refractivity contribution in [1.29, 1.82) is 0 Å². The fourth-order valence-electron chi connectivity index (χ4n) is 2.38. The average Bonchev–Trinajstić information content (AvgIpc) is 2.86. The minimum absolute atomic E-state index is 0.0191. The molecule has 0 aliphatic heterocycles. The van der Waals surface area contributed by atoms with Gasteiger partial charge in [-0.15, -0.1) is 0 Å². The molecule has 0 heterocycles. The Labute approximate surface area is 118 Å². The molecule has 1 aliphatic rings. The van der Waals surface area contributed by atoms with E-state index < -0.39 is 5.97 Å². The highest BCUT2D eigenvalue weighted by atomic mass is 16.4. The maximum absolute atomic E-state index is 12.1. The number of urea groups is 1. The molecule has 1 fully saturated rings. The third-order valence-corrected chi connectivity index (χ3v) is 3.50. The molecule has 0 unspecified atom stereocenters. The summed E-state index contributed by atoms with van der Waals surface area (Å²) in [4.78, 5) is 35.8. The quantitative estimate of drug-likeness (QED) is 0.658. The predicted molar refractivity (Wildman–Crippen MR) is 73.2 cm³/mol. The molecule has 3 N–H and O–H groups in total. The molecule has 7 nitrogen and oxygen atoms in total. The second-order valence-electron chi connectivity index (χ2n) is 5.09. The number of carboxylic acid groups (broad SMARTS) is 1. The number of nitrogens with one attached hydrogen (secondary N) is 2. The fraction of sp³-hybridized carbons (Fsp3) is 0.769. The van der Waals surface area contributed by atoms with Crippen molar-refractivity contribution >= 4 is 17.9 Å². The summed E-state index contributed by atoms with van der Waals surface area (Å²) in [5.41, 5.74) is 0. The average molecular weight is 285 g/mol. The molecular formula is C13H23N3O4. The van der Waals surface area contributed by atoms with E-state index in [-0.39, 0.29) is 30.4 Å². The molecule has 1 aliphatic carbocycles. The van der Waals surface area contributed by atoms with Gasteiger partial charge in [0.05, 0.1) is 5.92 Å². The van der Waals surface area contributed by atoms with Crippen LogP contribution < -0.4 is 10.6 Å². The van der Waals surface area contributed by atoms with Crippen LogP contribution in [0.1, 0.15) is 32.6 Å². The van der Waals surface area contributed by atoms with Gasteiger partial charge in [-0.05, 0) is 25.7 Å². The topological polar surface area (TPSA) is 98.7 Å². The lowest BCUT2D eigenvalue weighted by Gasteiger charge is -2.24. The summed E-state index contributed by atoms with van der Waals surface area (Å²) in [7, 11) is 1.53. The third kappa shape index (κ3) is 4.71. The van der Waals surface area contributed by atoms with Gasteiger partial charge in [0.2, 0.25) is 5.91 Å². The van der Waals surface area contributed by atoms with Crippen LogP contribution in [0.5, 0.6) is 0 Å². The first-order valence-electron chi connectivity index (χ1n) is 6.96. The van der Waals surface area contributed by atoms with E-state index in [0.717, 1.165) is 6.42 Å². The van der Waals surface area contributed by atoms with E-state index in [1.54, 1.807) is 0 Å². The summed E-state index contributed by atoms with van der Waals surface area (Å²) in [6.07, 6.45) is 2.47. The summed E-state index contributed by atoms with van der Waals surface area (Å²) in [5, 5.41) is 14.2. The van der Waals surface area contributed by atoms with Crippen LogP contribution in [-0.2, 0) is 9.59 Å². The second kappa shape index (κ2) is 7.72. The van der Waals surface area contributed by atoms with Crippen molar-refractivity contribution < 1.29 is 19.5 Å². The van der Waals surface area contributed by atoms with Gasteiger partial charge in [0, 0.05) is 19.6 Å². The molecule has 7 heteroatoms. The molecule has 0 aromatic rings. The number of hydrogen-bond donors (Lipinski definition) is 3. The highest BCUT2D eigenvalue weighted by Gasteiger charge is 2.31. The van der Waals surface area contributed by atoms with Gasteiger partial charge >= 0.3 is 12.0 Å². The van der Waals surface area contributed by atoms with E-state index in [2.05, 4.69) is 10.6 Å². The van der Waals surface area contributed by atoms with Crippen molar-refractivity contribution in [1.82, 2.24) is 15.5 Å². The Kier molecular flexibility index (Phi) is 6.27. The zero-order valence-electron chi connectivity index (χ0n) is 12.0. The van der Waals surface area contributed by atoms with Crippen molar-refractivity contribution in [2.24, 2.45) is 5.92 Å². The summed E-state index contributed by atoms with van der Waals surface area (Å²) < 4.78 is 0. The van der Waals surface area contributed by atoms with Crippen molar-refractivity contribution in [2.45, 2.75) is 38.6 Å². The molecule has 0 aromatic carbocycles. The molecule has 1 rings (SSSR count). The van der Waals surface area contributed by atoms with Gasteiger partial charge in [-0.1, -0.05) is 6.92 Å². The Hall–Kier alpha value is -1.79. The largest absolute Gasteiger partial charge is 0.481 e. The minimum Gasteiger partial charge on any atom is -0.481 e. The first kappa shape index (κ1) is 16.3. The van der Waals surface area contributed by atoms with E-state index >= 15 is 0 Å². The lowest BCUT2D eigenvalue weighted by Crippen LogP contribution is -2.48. The van der Waals surface area contributed by atoms with E-state index in [4.69, 9.17) is 5.11 Å². The number of rotatable bonds is 6. The smallest absolute Gasteiger partial charge is 0.318 e. The van der Waals surface area contributed by atoms with Crippen molar-refractivity contribution in [3.05, 3.63) is 0 Å². The van der Waals surface area contributed by atoms with E-state index in [1.165, 1.54) is 11.9 Å². The van der Waals surface area contributed by atoms with Crippen LogP contribution in [0.2, 0.25) is 0 Å². The van der Waals surface area contributed by atoms with Gasteiger partial charge < -0.3 is 20.6 Å². The van der Waals surface area contributed by atoms with Gasteiger partial charge in [-0.2, -0.15) is 0 Å². The molecule has 20 heavy (non-hydrogen) atoms. The Morgan fingerprint density at radius 1 is 1.30 bits per heavy atom. The van der Waals surface area contributed by atoms with Gasteiger partial charge in [-0.25, -0.2) is 4.79 Å². The highest BCUT2D eigenvalue weighted by molar-refractivity contribution is 5.84. The first-order valence-corrected chi connectivity index (χ1v) is 6.96. The fourth-order valence-corrected chi connectivity index (χ4v) is 2.38. The van der Waals surface area contributed by atoms with Crippen LogP contribution in [0.15, 0.2) is 0 Å². The van der Waals surface area contributed by atoms with Crippen LogP contribution in [-0.4, -0.2) is 54.1 Å². The summed E-state index contributed by atoms with van der Waals surface area (Å²) in [6, 6.07) is -0.417. The molecule has 0 bridgehead atoms. The molecule has 1 saturated carbocycles. The van der Waals surface area contributed by atoms with Gasteiger partial charge in [-0.3, -0.25) is 9.59 Å². The number of amides is 3. The number of hydrogen-bond acceptors (Lipinski definition) is 3. The van der Waals surface area contributed by atoms with E-state index in [9.17, 15) is 14.4 Å². The Morgan fingerprint density at radius 2 is 2.00 bits per heavy atom. The van der Waals surface area contributed by atoms with E-state index in [1.807, 2.05) is 6.92 Å². The maximum atomic E-state index is 12.1. The van der Waals surface area contributed by atoms with Gasteiger partial charge in [0.25, 0.3) is 0 Å². The highest BCUT2D eigenvalue weighted by Crippen LogP contribution is 2.25. The van der Waals surface area contributed by atoms with Crippen molar-refractivity contribution in [2.75, 3.05) is 20.1 Å². The third-order valence-electron chi connectivity index (χ3n) is 3.50. The lowest BCUT2D eigenvalue weighted by atomic mass is 10.1. The second-order valence-corrected chi connectivity index (χ2v) is 5.09. The number of aliphatic carboxylic acids is 1. The monoisotopic (exact) mass is 285 g/mol. The molecule has 114 valence electrons. The number of carboxylic acids is 1. The van der Waals surface area contributed by atoms with Crippen LogP contribution >= 0.6 is 0 Å². The van der Waals surface area contributed by atoms with Crippen molar-refractivity contribution in [3.8, 4) is 0 Å². The van der Waals surface area contributed by atoms with Gasteiger partial charge in [0.15, 0.2) is 0 Å². The number of carbonyl (C=O) groups excluding carboxylic acids is 2. The summed E-state index contributed by atoms with van der Waals surface area (Å²) in [6.45, 7) is 2.44. The zero-order chi connectivity index (χ0) is 15.1. The van der Waals surface area contributed by atoms with Crippen LogP contribution in [0, 0.1) is 5.92 Å². The molecule has 0 spiro atoms. The van der Waals surface area contributed by atoms with E-state index in [0.29, 0.717) is 25.8 Å². The lowest BCUT2D eigenvalue weighted by molar-refractivity contribution is -0.141. The predicted octanol–water partition coefficient (Wildman–Crippen LogP) is 0.407. The number of nitrogens with zero attached hydrogens (tertiary/aromatic N) is 1. The van der Waals surface area contributed by atoms with Gasteiger partial charge in [0.1, 0.15) is 6.54 Å². The van der Waals surface area contributed by atoms with Crippen LogP contribution in [0.25, 0.3) is 0 Å². The number of likely N-dealkylation sites (N-methyl/N-ethyl adjacent to an activating group) is 1. The van der Waals surface area contributed by atoms with Crippen LogP contribution in [0.3, 0.4) is 0 Å². The standard InChI is InChI=1S/C13H23N3O4/c1-3-6-16(8-11(17)14-2)13(20)15-10-5-4-9(7-10)12(18)19/h9-10H,3-8H2,1-2H3,(H,14,17)(H,15,20)(H,18,19)/t9-,10+/m1/s1. The summed E-state index contributed by atoms with van der Waals surface area (Å²) >= 11 is 0. The Morgan fingerprint density at radius 3 is 2.50 bits per heavy atom. The molecule has 0 saturated heterocycles.